The normalized spacial score (nSPS) is 10.4. The molecule has 0 unspecified atom stereocenters. The summed E-state index contributed by atoms with van der Waals surface area (Å²) >= 11 is 0. The largest absolute Gasteiger partial charge is 0.461 e. The molecule has 81 valence electrons. The second-order valence-electron chi connectivity index (χ2n) is 3.19. The fraction of sp³-hybridized carbons (Fsp3) is 0.300. The second-order valence-corrected chi connectivity index (χ2v) is 3.19. The molecule has 0 aliphatic carbocycles. The summed E-state index contributed by atoms with van der Waals surface area (Å²) in [4.78, 5) is 19.8. The van der Waals surface area contributed by atoms with E-state index in [1.807, 2.05) is 14.1 Å². The van der Waals surface area contributed by atoms with Crippen LogP contribution in [0.3, 0.4) is 0 Å². The van der Waals surface area contributed by atoms with Crippen LogP contribution in [0.25, 0.3) is 5.65 Å². The minimum absolute atomic E-state index is 0.351. The summed E-state index contributed by atoms with van der Waals surface area (Å²) in [7, 11) is 1.86. The zero-order valence-corrected chi connectivity index (χ0v) is 9.17. The fourth-order valence-corrected chi connectivity index (χ4v) is 1.41. The zero-order chi connectivity index (χ0) is 11.5. The lowest BCUT2D eigenvalue weighted by Crippen LogP contribution is -2.18. The average molecular weight is 216 g/mol. The van der Waals surface area contributed by atoms with Crippen LogP contribution >= 0.6 is 0 Å². The minimum atomic E-state index is -0.372. The highest BCUT2D eigenvalue weighted by Crippen LogP contribution is 2.05. The van der Waals surface area contributed by atoms with Crippen LogP contribution in [0.4, 0.5) is 0 Å². The summed E-state index contributed by atoms with van der Waals surface area (Å²) in [5.41, 5.74) is 1.84. The predicted octanol–water partition coefficient (Wildman–Crippen LogP) is 0.284. The van der Waals surface area contributed by atoms with Crippen LogP contribution in [0.1, 0.15) is 17.4 Å². The van der Waals surface area contributed by atoms with Crippen LogP contribution in [-0.4, -0.2) is 34.2 Å². The molecule has 2 heterocycles. The molecule has 2 aromatic heterocycles. The number of rotatable bonds is 3. The van der Waals surface area contributed by atoms with E-state index in [-0.39, 0.29) is 5.97 Å². The van der Waals surface area contributed by atoms with Crippen molar-refractivity contribution in [1.82, 2.24) is 14.4 Å². The van der Waals surface area contributed by atoms with Gasteiger partial charge < -0.3 is 4.74 Å². The van der Waals surface area contributed by atoms with E-state index in [0.29, 0.717) is 17.9 Å². The van der Waals surface area contributed by atoms with Crippen molar-refractivity contribution in [3.8, 4) is 0 Å². The highest BCUT2D eigenvalue weighted by molar-refractivity contribution is 6.50. The molecule has 0 bridgehead atoms. The monoisotopic (exact) mass is 216 g/mol. The first kappa shape index (κ1) is 10.7. The van der Waals surface area contributed by atoms with Crippen LogP contribution in [0.5, 0.6) is 0 Å². The molecule has 2 aromatic rings. The summed E-state index contributed by atoms with van der Waals surface area (Å²) in [6.07, 6.45) is 4.88. The fourth-order valence-electron chi connectivity index (χ4n) is 1.41. The molecule has 0 amide bonds. The van der Waals surface area contributed by atoms with Crippen molar-refractivity contribution in [2.24, 2.45) is 0 Å². The van der Waals surface area contributed by atoms with Crippen LogP contribution in [0, 0.1) is 0 Å². The molecule has 2 rings (SSSR count). The Bertz CT molecular complexity index is 524. The van der Waals surface area contributed by atoms with Gasteiger partial charge in [-0.25, -0.2) is 9.78 Å². The molecule has 5 nitrogen and oxygen atoms in total. The third kappa shape index (κ3) is 1.78. The number of carbonyl (C=O) groups excluding carboxylic acids is 1. The minimum Gasteiger partial charge on any atom is -0.461 e. The molecule has 0 atom stereocenters. The van der Waals surface area contributed by atoms with Crippen LogP contribution in [-0.2, 0) is 4.74 Å². The van der Waals surface area contributed by atoms with Gasteiger partial charge in [-0.3, -0.25) is 9.38 Å². The Labute approximate surface area is 93.7 Å². The van der Waals surface area contributed by atoms with Gasteiger partial charge in [0.2, 0.25) is 0 Å². The number of nitrogens with zero attached hydrogens (tertiary/aromatic N) is 3. The number of aromatic nitrogens is 3. The van der Waals surface area contributed by atoms with E-state index < -0.39 is 0 Å². The van der Waals surface area contributed by atoms with E-state index in [0.717, 1.165) is 5.59 Å². The molecule has 0 aliphatic rings. The van der Waals surface area contributed by atoms with Gasteiger partial charge in [0.1, 0.15) is 0 Å². The van der Waals surface area contributed by atoms with E-state index in [1.54, 1.807) is 23.7 Å². The summed E-state index contributed by atoms with van der Waals surface area (Å²) in [5.74, 6) is -0.372. The zero-order valence-electron chi connectivity index (χ0n) is 9.17. The molecule has 0 aliphatic heterocycles. The van der Waals surface area contributed by atoms with Gasteiger partial charge >= 0.3 is 5.97 Å². The maximum Gasteiger partial charge on any atom is 0.356 e. The lowest BCUT2D eigenvalue weighted by Gasteiger charge is -2.02. The number of hydrogen-bond acceptors (Lipinski definition) is 4. The van der Waals surface area contributed by atoms with Crippen molar-refractivity contribution in [3.05, 3.63) is 24.3 Å². The van der Waals surface area contributed by atoms with E-state index in [9.17, 15) is 4.79 Å². The van der Waals surface area contributed by atoms with Gasteiger partial charge in [0.15, 0.2) is 18.6 Å². The van der Waals surface area contributed by atoms with Gasteiger partial charge in [-0.05, 0) is 6.92 Å². The van der Waals surface area contributed by atoms with Gasteiger partial charge in [-0.2, -0.15) is 0 Å². The van der Waals surface area contributed by atoms with E-state index in [2.05, 4.69) is 9.97 Å². The number of hydrogen-bond donors (Lipinski definition) is 0. The Morgan fingerprint density at radius 2 is 2.31 bits per heavy atom. The molecule has 0 aromatic carbocycles. The molecule has 0 N–H and O–H groups in total. The average Bonchev–Trinajstić information content (AvgIpc) is 2.71. The molecule has 0 spiro atoms. The lowest BCUT2D eigenvalue weighted by molar-refractivity contribution is 0.0518. The van der Waals surface area contributed by atoms with Crippen molar-refractivity contribution in [3.63, 3.8) is 0 Å². The predicted molar refractivity (Wildman–Crippen MR) is 60.2 cm³/mol. The first-order valence-electron chi connectivity index (χ1n) is 5.06. The van der Waals surface area contributed by atoms with Gasteiger partial charge in [0.05, 0.1) is 19.0 Å². The molecule has 1 radical (unpaired) electrons. The molecular weight excluding hydrogens is 205 g/mol. The molecular formula is C10H11BN3O2. The van der Waals surface area contributed by atoms with E-state index in [1.165, 1.54) is 6.20 Å². The quantitative estimate of drug-likeness (QED) is 0.546. The summed E-state index contributed by atoms with van der Waals surface area (Å²) in [6.45, 7) is 4.01. The number of ether oxygens (including phenoxy) is 1. The Kier molecular flexibility index (Phi) is 2.89. The topological polar surface area (TPSA) is 56.5 Å². The van der Waals surface area contributed by atoms with Crippen molar-refractivity contribution >= 4 is 24.5 Å². The van der Waals surface area contributed by atoms with Crippen LogP contribution in [0.2, 0.25) is 6.82 Å². The maximum absolute atomic E-state index is 11.6. The number of carbonyl (C=O) groups is 1. The molecule has 0 saturated heterocycles. The smallest absolute Gasteiger partial charge is 0.356 e. The maximum atomic E-state index is 11.6. The first-order valence-corrected chi connectivity index (χ1v) is 5.06. The van der Waals surface area contributed by atoms with Crippen molar-refractivity contribution in [2.45, 2.75) is 13.7 Å². The lowest BCUT2D eigenvalue weighted by atomic mass is 9.78. The summed E-state index contributed by atoms with van der Waals surface area (Å²) < 4.78 is 6.62. The molecule has 16 heavy (non-hydrogen) atoms. The highest BCUT2D eigenvalue weighted by atomic mass is 16.5. The summed E-state index contributed by atoms with van der Waals surface area (Å²) in [6, 6.07) is 0. The molecule has 6 heteroatoms. The summed E-state index contributed by atoms with van der Waals surface area (Å²) in [5, 5.41) is 0. The number of fused-ring (bicyclic) bond motifs is 1. The van der Waals surface area contributed by atoms with Gasteiger partial charge in [0, 0.05) is 11.8 Å². The highest BCUT2D eigenvalue weighted by Gasteiger charge is 2.13. The van der Waals surface area contributed by atoms with Gasteiger partial charge in [-0.15, -0.1) is 0 Å². The van der Waals surface area contributed by atoms with Gasteiger partial charge in [-0.1, -0.05) is 6.82 Å². The van der Waals surface area contributed by atoms with Crippen LogP contribution in [0.15, 0.2) is 18.6 Å². The first-order chi connectivity index (χ1) is 7.76. The van der Waals surface area contributed by atoms with E-state index in [4.69, 9.17) is 4.74 Å². The van der Waals surface area contributed by atoms with Crippen molar-refractivity contribution < 1.29 is 9.53 Å². The Morgan fingerprint density at radius 1 is 1.50 bits per heavy atom. The number of imidazole rings is 1. The molecule has 0 fully saturated rings. The second kappa shape index (κ2) is 4.34. The number of esters is 1. The SMILES string of the molecule is C[B]c1cn2c(C(=O)OCC)cnc2cn1. The van der Waals surface area contributed by atoms with E-state index >= 15 is 0 Å². The molecule has 0 saturated carbocycles. The Morgan fingerprint density at radius 3 is 3.00 bits per heavy atom. The van der Waals surface area contributed by atoms with Crippen molar-refractivity contribution in [1.29, 1.82) is 0 Å². The van der Waals surface area contributed by atoms with Gasteiger partial charge in [0.25, 0.3) is 0 Å². The standard InChI is InChI=1S/C10H11BN3O2/c1-3-16-10(15)7-4-13-9-5-12-8(11-2)6-14(7)9/h4-6H,3H2,1-2H3. The third-order valence-corrected chi connectivity index (χ3v) is 2.20. The van der Waals surface area contributed by atoms with Crippen LogP contribution < -0.4 is 5.59 Å². The Hall–Kier alpha value is -1.85. The Balaban J connectivity index is 2.49. The van der Waals surface area contributed by atoms with Crippen molar-refractivity contribution in [2.75, 3.05) is 6.61 Å². The third-order valence-electron chi connectivity index (χ3n) is 2.20.